The molecule has 10 nitrogen and oxygen atoms in total. The van der Waals surface area contributed by atoms with Crippen LogP contribution in [0.15, 0.2) is 24.3 Å². The summed E-state index contributed by atoms with van der Waals surface area (Å²) in [5.74, 6) is -1.54. The minimum atomic E-state index is -1.48. The molecule has 12 atom stereocenters. The fourth-order valence-corrected chi connectivity index (χ4v) is 11.6. The maximum Gasteiger partial charge on any atom is 0.340 e. The molecule has 42 heavy (non-hydrogen) atoms. The zero-order valence-electron chi connectivity index (χ0n) is 25.2. The normalized spacial score (nSPS) is 48.2. The van der Waals surface area contributed by atoms with Crippen LogP contribution in [0.4, 0.5) is 5.69 Å². The summed E-state index contributed by atoms with van der Waals surface area (Å²) in [7, 11) is 5.05. The number of likely N-dealkylation sites (tertiary alicyclic amines) is 1. The van der Waals surface area contributed by atoms with Gasteiger partial charge in [-0.05, 0) is 44.4 Å². The molecule has 1 aliphatic heterocycles. The van der Waals surface area contributed by atoms with Crippen molar-refractivity contribution in [3.05, 3.63) is 29.8 Å². The summed E-state index contributed by atoms with van der Waals surface area (Å²) >= 11 is 0. The van der Waals surface area contributed by atoms with Crippen LogP contribution >= 0.6 is 0 Å². The van der Waals surface area contributed by atoms with Gasteiger partial charge in [0.1, 0.15) is 16.8 Å². The second-order valence-corrected chi connectivity index (χ2v) is 13.7. The molecule has 230 valence electrons. The van der Waals surface area contributed by atoms with E-state index in [2.05, 4.69) is 17.1 Å². The first-order chi connectivity index (χ1) is 20.1. The van der Waals surface area contributed by atoms with Crippen LogP contribution in [0.5, 0.6) is 0 Å². The molecular weight excluding hydrogens is 540 g/mol. The summed E-state index contributed by atoms with van der Waals surface area (Å²) in [6.07, 6.45) is 1.91. The predicted molar refractivity (Wildman–Crippen MR) is 152 cm³/mol. The number of carbonyl (C=O) groups excluding carboxylic acids is 2. The van der Waals surface area contributed by atoms with E-state index in [0.29, 0.717) is 56.4 Å². The first-order valence-corrected chi connectivity index (χ1v) is 15.4. The molecule has 3 N–H and O–H groups in total. The minimum absolute atomic E-state index is 0.0432. The molecule has 1 amide bonds. The number of esters is 1. The van der Waals surface area contributed by atoms with Crippen LogP contribution in [0, 0.1) is 29.1 Å². The first kappa shape index (κ1) is 28.7. The zero-order chi connectivity index (χ0) is 29.8. The largest absolute Gasteiger partial charge is 0.454 e. The van der Waals surface area contributed by atoms with E-state index in [1.807, 2.05) is 0 Å². The van der Waals surface area contributed by atoms with E-state index in [1.165, 1.54) is 6.92 Å². The Bertz CT molecular complexity index is 1290. The maximum absolute atomic E-state index is 14.0. The first-order valence-electron chi connectivity index (χ1n) is 15.4. The van der Waals surface area contributed by atoms with E-state index >= 15 is 0 Å². The number of fused-ring (bicyclic) bond motifs is 2. The number of methoxy groups -OCH3 is 3. The number of amides is 1. The highest BCUT2D eigenvalue weighted by Gasteiger charge is 2.89. The van der Waals surface area contributed by atoms with Crippen LogP contribution in [-0.4, -0.2) is 103 Å². The number of benzene rings is 1. The molecule has 10 heteroatoms. The topological polar surface area (TPSA) is 127 Å². The van der Waals surface area contributed by atoms with Crippen LogP contribution in [0.1, 0.15) is 56.3 Å². The van der Waals surface area contributed by atoms with Gasteiger partial charge in [0, 0.05) is 76.3 Å². The van der Waals surface area contributed by atoms with Gasteiger partial charge in [-0.3, -0.25) is 9.69 Å². The molecule has 1 aromatic rings. The van der Waals surface area contributed by atoms with E-state index in [0.717, 1.165) is 0 Å². The number of rotatable bonds is 7. The van der Waals surface area contributed by atoms with Crippen LogP contribution < -0.4 is 5.32 Å². The quantitative estimate of drug-likeness (QED) is 0.414. The Balaban J connectivity index is 1.38. The van der Waals surface area contributed by atoms with Crippen molar-refractivity contribution in [2.45, 2.75) is 87.1 Å². The minimum Gasteiger partial charge on any atom is -0.454 e. The van der Waals surface area contributed by atoms with Gasteiger partial charge >= 0.3 is 5.97 Å². The molecule has 0 radical (unpaired) electrons. The lowest BCUT2D eigenvalue weighted by atomic mass is 9.44. The fraction of sp³-hybridized carbons (Fsp3) is 0.750. The number of para-hydroxylation sites is 1. The molecule has 1 spiro atoms. The Morgan fingerprint density at radius 1 is 1.07 bits per heavy atom. The van der Waals surface area contributed by atoms with Crippen molar-refractivity contribution in [1.82, 2.24) is 4.90 Å². The third-order valence-electron chi connectivity index (χ3n) is 12.6. The number of ether oxygens (including phenoxy) is 4. The van der Waals surface area contributed by atoms with Gasteiger partial charge in [-0.2, -0.15) is 0 Å². The number of nitrogens with zero attached hydrogens (tertiary/aromatic N) is 1. The standard InChI is InChI=1S/C32H44N2O8/c1-6-34-16-29(42-28(36)18-9-7-8-10-21(18)33-17(2)35)12-11-25(40-4)31-23(29)14-20(26(31)34)30(37)15-22(39-3)19-13-24(31)32(30,38)27(19)41-5/h7-10,19-20,22-27,37-38H,6,11-16H2,1-5H3,(H,33,35)/t19-,20-,22-,23+,24-,25-,26-,27-,29+,30-,31-,32-/m0/s1. The summed E-state index contributed by atoms with van der Waals surface area (Å²) in [5.41, 5.74) is -3.57. The van der Waals surface area contributed by atoms with Crippen molar-refractivity contribution >= 4 is 17.6 Å². The Morgan fingerprint density at radius 3 is 2.50 bits per heavy atom. The number of hydrogen-bond donors (Lipinski definition) is 3. The fourth-order valence-electron chi connectivity index (χ4n) is 11.6. The molecule has 0 aromatic heterocycles. The van der Waals surface area contributed by atoms with Crippen molar-refractivity contribution in [3.8, 4) is 0 Å². The summed E-state index contributed by atoms with van der Waals surface area (Å²) in [4.78, 5) is 28.3. The molecule has 1 aromatic carbocycles. The van der Waals surface area contributed by atoms with E-state index in [9.17, 15) is 19.8 Å². The average molecular weight is 585 g/mol. The van der Waals surface area contributed by atoms with Gasteiger partial charge < -0.3 is 34.5 Å². The number of nitrogens with one attached hydrogen (secondary N) is 1. The van der Waals surface area contributed by atoms with Crippen molar-refractivity contribution in [2.75, 3.05) is 39.7 Å². The van der Waals surface area contributed by atoms with Crippen LogP contribution in [0.2, 0.25) is 0 Å². The highest BCUT2D eigenvalue weighted by atomic mass is 16.6. The molecule has 0 unspecified atom stereocenters. The Kier molecular flexibility index (Phi) is 6.46. The van der Waals surface area contributed by atoms with Gasteiger partial charge in [-0.15, -0.1) is 0 Å². The monoisotopic (exact) mass is 584 g/mol. The lowest BCUT2D eigenvalue weighted by molar-refractivity contribution is -0.337. The van der Waals surface area contributed by atoms with Crippen LogP contribution in [0.25, 0.3) is 0 Å². The Hall–Kier alpha value is -2.08. The van der Waals surface area contributed by atoms with E-state index in [4.69, 9.17) is 18.9 Å². The molecule has 7 rings (SSSR count). The van der Waals surface area contributed by atoms with Gasteiger partial charge in [0.2, 0.25) is 5.91 Å². The Labute approximate surface area is 247 Å². The number of likely N-dealkylation sites (N-methyl/N-ethyl adjacent to an activating group) is 1. The highest BCUT2D eigenvalue weighted by molar-refractivity contribution is 6.00. The third-order valence-corrected chi connectivity index (χ3v) is 12.6. The van der Waals surface area contributed by atoms with Crippen LogP contribution in [0.3, 0.4) is 0 Å². The van der Waals surface area contributed by atoms with E-state index in [1.54, 1.807) is 45.6 Å². The van der Waals surface area contributed by atoms with Crippen molar-refractivity contribution in [3.63, 3.8) is 0 Å². The summed E-state index contributed by atoms with van der Waals surface area (Å²) in [5, 5.41) is 28.4. The van der Waals surface area contributed by atoms with Crippen molar-refractivity contribution in [2.24, 2.45) is 29.1 Å². The van der Waals surface area contributed by atoms with E-state index < -0.39 is 34.3 Å². The SMILES string of the molecule is CCN1C[C@]2(OC(=O)c3ccccc3NC(C)=O)CC[C@H](OC)[C@]34[C@@H]1[C@H](C[C@H]23)[C@@]1(O)C[C@H](OC)[C@@H]2C[C@@H]4[C@]1(O)[C@H]2OC. The smallest absolute Gasteiger partial charge is 0.340 e. The van der Waals surface area contributed by atoms with Gasteiger partial charge in [0.05, 0.1) is 29.6 Å². The predicted octanol–water partition coefficient (Wildman–Crippen LogP) is 2.22. The molecule has 6 fully saturated rings. The Morgan fingerprint density at radius 2 is 1.83 bits per heavy atom. The molecule has 1 saturated heterocycles. The molecule has 7 bridgehead atoms. The summed E-state index contributed by atoms with van der Waals surface area (Å²) in [6, 6.07) is 6.89. The highest BCUT2D eigenvalue weighted by Crippen LogP contribution is 2.79. The van der Waals surface area contributed by atoms with Crippen LogP contribution in [-0.2, 0) is 23.7 Å². The number of anilines is 1. The van der Waals surface area contributed by atoms with Gasteiger partial charge in [0.15, 0.2) is 0 Å². The number of aliphatic hydroxyl groups is 2. The molecule has 1 heterocycles. The third kappa shape index (κ3) is 3.21. The zero-order valence-corrected chi connectivity index (χ0v) is 25.2. The molecule has 5 saturated carbocycles. The second kappa shape index (κ2) is 9.46. The van der Waals surface area contributed by atoms with Crippen molar-refractivity contribution in [1.29, 1.82) is 0 Å². The van der Waals surface area contributed by atoms with Gasteiger partial charge in [-0.1, -0.05) is 19.1 Å². The van der Waals surface area contributed by atoms with E-state index in [-0.39, 0.29) is 47.8 Å². The van der Waals surface area contributed by atoms with Gasteiger partial charge in [0.25, 0.3) is 0 Å². The molecular formula is C32H44N2O8. The maximum atomic E-state index is 14.0. The second-order valence-electron chi connectivity index (χ2n) is 13.7. The lowest BCUT2D eigenvalue weighted by Crippen LogP contribution is -2.83. The summed E-state index contributed by atoms with van der Waals surface area (Å²) in [6.45, 7) is 4.79. The van der Waals surface area contributed by atoms with Gasteiger partial charge in [-0.25, -0.2) is 4.79 Å². The molecule has 5 aliphatic carbocycles. The average Bonchev–Trinajstić information content (AvgIpc) is 3.39. The number of piperidine rings is 1. The number of hydrogen-bond acceptors (Lipinski definition) is 9. The molecule has 6 aliphatic rings. The van der Waals surface area contributed by atoms with Crippen molar-refractivity contribution < 1.29 is 38.7 Å². The number of carbonyl (C=O) groups is 2. The lowest BCUT2D eigenvalue weighted by Gasteiger charge is -2.70. The summed E-state index contributed by atoms with van der Waals surface area (Å²) < 4.78 is 25.1.